The molecule has 3 aromatic rings. The van der Waals surface area contributed by atoms with Crippen molar-refractivity contribution in [1.82, 2.24) is 29.7 Å². The van der Waals surface area contributed by atoms with Gasteiger partial charge in [-0.1, -0.05) is 6.08 Å². The maximum atomic E-state index is 12.8. The van der Waals surface area contributed by atoms with Crippen LogP contribution in [0.1, 0.15) is 29.3 Å². The van der Waals surface area contributed by atoms with E-state index < -0.39 is 0 Å². The normalized spacial score (nSPS) is 21.1. The van der Waals surface area contributed by atoms with Crippen LogP contribution < -0.4 is 10.6 Å². The number of aromatic nitrogens is 3. The van der Waals surface area contributed by atoms with Crippen molar-refractivity contribution in [2.45, 2.75) is 19.4 Å². The van der Waals surface area contributed by atoms with Crippen LogP contribution in [-0.4, -0.2) is 81.8 Å². The van der Waals surface area contributed by atoms with Crippen LogP contribution in [0.4, 0.5) is 16.4 Å². The number of anilines is 2. The van der Waals surface area contributed by atoms with E-state index in [9.17, 15) is 9.59 Å². The number of carbonyl (C=O) groups is 2. The molecule has 2 amide bonds. The Bertz CT molecular complexity index is 1320. The first-order valence-electron chi connectivity index (χ1n) is 12.5. The van der Waals surface area contributed by atoms with E-state index in [1.54, 1.807) is 9.42 Å². The van der Waals surface area contributed by atoms with Gasteiger partial charge in [0.15, 0.2) is 5.65 Å². The molecule has 0 unspecified atom stereocenters. The second-order valence-electron chi connectivity index (χ2n) is 9.44. The lowest BCUT2D eigenvalue weighted by molar-refractivity contribution is 0.0789. The zero-order valence-electron chi connectivity index (χ0n) is 20.2. The van der Waals surface area contributed by atoms with Crippen LogP contribution in [0.3, 0.4) is 0 Å². The van der Waals surface area contributed by atoms with Gasteiger partial charge in [0.25, 0.3) is 5.91 Å². The maximum absolute atomic E-state index is 12.8. The molecule has 5 heterocycles. The average Bonchev–Trinajstić information content (AvgIpc) is 3.43. The molecule has 2 aromatic heterocycles. The molecule has 2 saturated heterocycles. The second kappa shape index (κ2) is 9.27. The fraction of sp³-hybridized carbons (Fsp3) is 0.385. The minimum atomic E-state index is -0.280. The smallest absolute Gasteiger partial charge is 0.410 e. The molecule has 6 rings (SSSR count). The van der Waals surface area contributed by atoms with E-state index in [1.807, 2.05) is 54.4 Å². The molecular formula is C26H29N7O3. The third-order valence-corrected chi connectivity index (χ3v) is 7.20. The van der Waals surface area contributed by atoms with Crippen LogP contribution in [0.25, 0.3) is 11.2 Å². The van der Waals surface area contributed by atoms with E-state index in [1.165, 1.54) is 0 Å². The molecular weight excluding hydrogens is 458 g/mol. The third kappa shape index (κ3) is 4.17. The van der Waals surface area contributed by atoms with Crippen molar-refractivity contribution in [3.63, 3.8) is 0 Å². The van der Waals surface area contributed by atoms with Gasteiger partial charge in [0.1, 0.15) is 0 Å². The topological polar surface area (TPSA) is 104 Å². The van der Waals surface area contributed by atoms with Crippen LogP contribution >= 0.6 is 0 Å². The second-order valence-corrected chi connectivity index (χ2v) is 9.44. The number of amides is 2. The number of hydrogen-bond acceptors (Lipinski definition) is 7. The van der Waals surface area contributed by atoms with Crippen molar-refractivity contribution in [2.75, 3.05) is 44.6 Å². The lowest BCUT2D eigenvalue weighted by atomic mass is 9.96. The van der Waals surface area contributed by atoms with E-state index >= 15 is 0 Å². The molecule has 3 aliphatic heterocycles. The summed E-state index contributed by atoms with van der Waals surface area (Å²) in [7, 11) is 0. The first-order valence-corrected chi connectivity index (χ1v) is 12.5. The van der Waals surface area contributed by atoms with Gasteiger partial charge in [0.2, 0.25) is 5.95 Å². The number of fused-ring (bicyclic) bond motifs is 2. The average molecular weight is 488 g/mol. The Hall–Kier alpha value is -3.92. The highest BCUT2D eigenvalue weighted by Gasteiger charge is 2.40. The molecule has 3 aliphatic rings. The predicted octanol–water partition coefficient (Wildman–Crippen LogP) is 2.76. The number of likely N-dealkylation sites (tertiary alicyclic amines) is 1. The Morgan fingerprint density at radius 1 is 1.17 bits per heavy atom. The van der Waals surface area contributed by atoms with Gasteiger partial charge in [-0.15, -0.1) is 5.10 Å². The minimum Gasteiger partial charge on any atom is -0.450 e. The van der Waals surface area contributed by atoms with E-state index in [2.05, 4.69) is 21.8 Å². The van der Waals surface area contributed by atoms with Crippen molar-refractivity contribution in [2.24, 2.45) is 5.92 Å². The van der Waals surface area contributed by atoms with Gasteiger partial charge in [-0.2, -0.15) is 4.98 Å². The highest BCUT2D eigenvalue weighted by molar-refractivity contribution is 5.95. The third-order valence-electron chi connectivity index (χ3n) is 7.20. The summed E-state index contributed by atoms with van der Waals surface area (Å²) in [6.45, 7) is 5.92. The molecule has 0 bridgehead atoms. The molecule has 186 valence electrons. The van der Waals surface area contributed by atoms with Gasteiger partial charge >= 0.3 is 6.09 Å². The molecule has 1 aromatic carbocycles. The van der Waals surface area contributed by atoms with Crippen LogP contribution in [0.5, 0.6) is 0 Å². The summed E-state index contributed by atoms with van der Waals surface area (Å²) in [5.74, 6) is 1.16. The maximum Gasteiger partial charge on any atom is 0.410 e. The van der Waals surface area contributed by atoms with E-state index in [0.717, 1.165) is 48.5 Å². The number of hydrogen-bond donors (Lipinski definition) is 2. The molecule has 2 fully saturated rings. The van der Waals surface area contributed by atoms with Crippen LogP contribution in [0, 0.1) is 5.92 Å². The monoisotopic (exact) mass is 487 g/mol. The van der Waals surface area contributed by atoms with Gasteiger partial charge < -0.3 is 25.2 Å². The number of pyridine rings is 1. The zero-order chi connectivity index (χ0) is 24.6. The van der Waals surface area contributed by atoms with Gasteiger partial charge in [0.05, 0.1) is 6.61 Å². The molecule has 0 saturated carbocycles. The van der Waals surface area contributed by atoms with Crippen LogP contribution in [0.15, 0.2) is 48.7 Å². The quantitative estimate of drug-likeness (QED) is 0.570. The van der Waals surface area contributed by atoms with Gasteiger partial charge in [0, 0.05) is 67.7 Å². The first-order chi connectivity index (χ1) is 17.6. The molecule has 0 spiro atoms. The molecule has 0 radical (unpaired) electrons. The van der Waals surface area contributed by atoms with Crippen molar-refractivity contribution >= 4 is 34.9 Å². The minimum absolute atomic E-state index is 0.0792. The molecule has 0 aliphatic carbocycles. The Kier molecular flexibility index (Phi) is 5.80. The Balaban J connectivity index is 1.15. The number of nitrogens with zero attached hydrogens (tertiary/aromatic N) is 5. The number of nitrogens with one attached hydrogen (secondary N) is 2. The molecule has 10 heteroatoms. The lowest BCUT2D eigenvalue weighted by Crippen LogP contribution is -2.51. The number of rotatable bonds is 5. The first kappa shape index (κ1) is 22.5. The van der Waals surface area contributed by atoms with Gasteiger partial charge in [-0.25, -0.2) is 9.31 Å². The summed E-state index contributed by atoms with van der Waals surface area (Å²) < 4.78 is 6.86. The molecule has 2 N–H and O–H groups in total. The molecule has 2 atom stereocenters. The van der Waals surface area contributed by atoms with Crippen molar-refractivity contribution in [1.29, 1.82) is 0 Å². The highest BCUT2D eigenvalue weighted by atomic mass is 16.6. The molecule has 36 heavy (non-hydrogen) atoms. The standard InChI is InChI=1S/C26H29N7O3/c1-2-36-26(35)31-12-9-17(10-13-31)21-4-3-11-33-23(21)29-25(30-33)28-20-7-5-18(6-8-20)24(34)32-15-19-14-27-22(19)16-32/h3-9,11,19,22,27H,2,10,12-16H2,1H3,(H,28,30)/t19-,22+/m1/s1. The predicted molar refractivity (Wildman–Crippen MR) is 135 cm³/mol. The largest absolute Gasteiger partial charge is 0.450 e. The summed E-state index contributed by atoms with van der Waals surface area (Å²) in [5.41, 5.74) is 4.38. The Morgan fingerprint density at radius 2 is 2.03 bits per heavy atom. The fourth-order valence-corrected chi connectivity index (χ4v) is 5.13. The Labute approximate surface area is 208 Å². The van der Waals surface area contributed by atoms with Gasteiger partial charge in [-0.05, 0) is 55.3 Å². The number of benzene rings is 1. The lowest BCUT2D eigenvalue weighted by Gasteiger charge is -2.29. The van der Waals surface area contributed by atoms with E-state index in [-0.39, 0.29) is 12.0 Å². The van der Waals surface area contributed by atoms with E-state index in [0.29, 0.717) is 43.2 Å². The number of carbonyl (C=O) groups excluding carboxylic acids is 2. The van der Waals surface area contributed by atoms with Gasteiger partial charge in [-0.3, -0.25) is 4.79 Å². The summed E-state index contributed by atoms with van der Waals surface area (Å²) in [4.78, 5) is 33.2. The zero-order valence-corrected chi connectivity index (χ0v) is 20.2. The fourth-order valence-electron chi connectivity index (χ4n) is 5.13. The van der Waals surface area contributed by atoms with Crippen LogP contribution in [-0.2, 0) is 4.74 Å². The van der Waals surface area contributed by atoms with Crippen molar-refractivity contribution in [3.8, 4) is 0 Å². The van der Waals surface area contributed by atoms with E-state index in [4.69, 9.17) is 9.72 Å². The summed E-state index contributed by atoms with van der Waals surface area (Å²) in [5, 5.41) is 11.2. The van der Waals surface area contributed by atoms with Crippen molar-refractivity contribution < 1.29 is 14.3 Å². The molecule has 10 nitrogen and oxygen atoms in total. The van der Waals surface area contributed by atoms with Crippen molar-refractivity contribution in [3.05, 3.63) is 59.8 Å². The number of ether oxygens (including phenoxy) is 1. The summed E-state index contributed by atoms with van der Waals surface area (Å²) >= 11 is 0. The highest BCUT2D eigenvalue weighted by Crippen LogP contribution is 2.28. The Morgan fingerprint density at radius 3 is 2.69 bits per heavy atom. The SMILES string of the molecule is CCOC(=O)N1CC=C(c2cccn3nc(Nc4ccc(C(=O)N5C[C@H]6CN[C@H]6C5)cc4)nc23)CC1. The summed E-state index contributed by atoms with van der Waals surface area (Å²) in [6.07, 6.45) is 4.36. The van der Waals surface area contributed by atoms with Crippen LogP contribution in [0.2, 0.25) is 0 Å². The summed E-state index contributed by atoms with van der Waals surface area (Å²) in [6, 6.07) is 11.9.